The molecule has 4 nitrogen and oxygen atoms in total. The minimum atomic E-state index is -0.642. The molecule has 0 aliphatic heterocycles. The van der Waals surface area contributed by atoms with Crippen molar-refractivity contribution in [3.63, 3.8) is 0 Å². The smallest absolute Gasteiger partial charge is 0.119 e. The first kappa shape index (κ1) is 12.5. The van der Waals surface area contributed by atoms with E-state index in [0.29, 0.717) is 6.61 Å². The summed E-state index contributed by atoms with van der Waals surface area (Å²) in [5.41, 5.74) is 2.27. The summed E-state index contributed by atoms with van der Waals surface area (Å²) < 4.78 is 5.73. The molecule has 4 heteroatoms. The van der Waals surface area contributed by atoms with Gasteiger partial charge in [0, 0.05) is 5.56 Å². The van der Waals surface area contributed by atoms with Gasteiger partial charge in [0.2, 0.25) is 0 Å². The molecule has 3 rings (SSSR count). The Bertz CT molecular complexity index is 504. The standard InChI is InChI=1S/C15H19NO3/c17-15(7-1-2-8-15)10-19-12-4-5-13-11(9-12)3-6-14(13)16-18/h4-5,9,17-18H,1-3,6-8,10H2/b16-14-. The summed E-state index contributed by atoms with van der Waals surface area (Å²) in [5.74, 6) is 0.790. The number of rotatable bonds is 3. The summed E-state index contributed by atoms with van der Waals surface area (Å²) in [7, 11) is 0. The van der Waals surface area contributed by atoms with Crippen LogP contribution in [-0.4, -0.2) is 28.2 Å². The van der Waals surface area contributed by atoms with Crippen molar-refractivity contribution < 1.29 is 15.1 Å². The van der Waals surface area contributed by atoms with E-state index in [4.69, 9.17) is 9.94 Å². The molecule has 1 aromatic carbocycles. The fraction of sp³-hybridized carbons (Fsp3) is 0.533. The van der Waals surface area contributed by atoms with Crippen LogP contribution in [0.5, 0.6) is 5.75 Å². The Balaban J connectivity index is 1.70. The lowest BCUT2D eigenvalue weighted by Gasteiger charge is -2.22. The fourth-order valence-corrected chi connectivity index (χ4v) is 3.03. The van der Waals surface area contributed by atoms with E-state index in [0.717, 1.165) is 61.1 Å². The maximum atomic E-state index is 10.2. The minimum Gasteiger partial charge on any atom is -0.491 e. The van der Waals surface area contributed by atoms with Crippen LogP contribution >= 0.6 is 0 Å². The molecule has 2 aliphatic carbocycles. The molecule has 0 bridgehead atoms. The van der Waals surface area contributed by atoms with E-state index in [1.54, 1.807) is 0 Å². The maximum Gasteiger partial charge on any atom is 0.119 e. The zero-order chi connectivity index (χ0) is 13.3. The second-order valence-electron chi connectivity index (χ2n) is 5.59. The molecular formula is C15H19NO3. The first-order valence-electron chi connectivity index (χ1n) is 6.90. The molecule has 2 N–H and O–H groups in total. The summed E-state index contributed by atoms with van der Waals surface area (Å²) in [5, 5.41) is 22.4. The maximum absolute atomic E-state index is 10.2. The van der Waals surface area contributed by atoms with Gasteiger partial charge in [-0.15, -0.1) is 0 Å². The van der Waals surface area contributed by atoms with Crippen LogP contribution < -0.4 is 4.74 Å². The van der Waals surface area contributed by atoms with Gasteiger partial charge in [-0.2, -0.15) is 0 Å². The van der Waals surface area contributed by atoms with Gasteiger partial charge < -0.3 is 15.1 Å². The van der Waals surface area contributed by atoms with E-state index < -0.39 is 5.60 Å². The van der Waals surface area contributed by atoms with E-state index >= 15 is 0 Å². The highest BCUT2D eigenvalue weighted by Gasteiger charge is 2.32. The van der Waals surface area contributed by atoms with Crippen molar-refractivity contribution in [2.45, 2.75) is 44.1 Å². The molecule has 1 saturated carbocycles. The summed E-state index contributed by atoms with van der Waals surface area (Å²) >= 11 is 0. The topological polar surface area (TPSA) is 62.1 Å². The number of aliphatic hydroxyl groups is 1. The molecule has 0 spiro atoms. The normalized spacial score (nSPS) is 22.7. The summed E-state index contributed by atoms with van der Waals surface area (Å²) in [6.07, 6.45) is 5.49. The highest BCUT2D eigenvalue weighted by molar-refractivity contribution is 6.04. The van der Waals surface area contributed by atoms with Crippen LogP contribution in [0.15, 0.2) is 23.4 Å². The molecule has 0 saturated heterocycles. The van der Waals surface area contributed by atoms with Gasteiger partial charge in [-0.3, -0.25) is 0 Å². The van der Waals surface area contributed by atoms with Crippen molar-refractivity contribution >= 4 is 5.71 Å². The second kappa shape index (κ2) is 4.85. The Morgan fingerprint density at radius 1 is 1.21 bits per heavy atom. The van der Waals surface area contributed by atoms with E-state index in [2.05, 4.69) is 5.16 Å². The van der Waals surface area contributed by atoms with Crippen LogP contribution in [0.4, 0.5) is 0 Å². The third-order valence-electron chi connectivity index (χ3n) is 4.18. The Kier molecular flexibility index (Phi) is 3.19. The Morgan fingerprint density at radius 3 is 2.74 bits per heavy atom. The largest absolute Gasteiger partial charge is 0.491 e. The van der Waals surface area contributed by atoms with Gasteiger partial charge in [0.1, 0.15) is 12.4 Å². The van der Waals surface area contributed by atoms with E-state index in [1.165, 1.54) is 0 Å². The van der Waals surface area contributed by atoms with Gasteiger partial charge in [0.05, 0.1) is 11.3 Å². The molecule has 2 aliphatic rings. The molecule has 0 atom stereocenters. The number of aryl methyl sites for hydroxylation is 1. The van der Waals surface area contributed by atoms with Crippen molar-refractivity contribution in [3.8, 4) is 5.75 Å². The predicted octanol–water partition coefficient (Wildman–Crippen LogP) is 2.50. The number of fused-ring (bicyclic) bond motifs is 1. The lowest BCUT2D eigenvalue weighted by molar-refractivity contribution is 0.00139. The van der Waals surface area contributed by atoms with Crippen molar-refractivity contribution in [2.24, 2.45) is 5.16 Å². The number of ether oxygens (including phenoxy) is 1. The molecule has 0 radical (unpaired) electrons. The zero-order valence-corrected chi connectivity index (χ0v) is 10.9. The van der Waals surface area contributed by atoms with Gasteiger partial charge in [-0.1, -0.05) is 18.0 Å². The number of hydrogen-bond donors (Lipinski definition) is 2. The summed E-state index contributed by atoms with van der Waals surface area (Å²) in [6, 6.07) is 5.81. The van der Waals surface area contributed by atoms with Crippen molar-refractivity contribution in [1.82, 2.24) is 0 Å². The van der Waals surface area contributed by atoms with Crippen LogP contribution in [-0.2, 0) is 6.42 Å². The monoisotopic (exact) mass is 261 g/mol. The molecule has 19 heavy (non-hydrogen) atoms. The number of benzene rings is 1. The molecule has 0 amide bonds. The number of nitrogens with zero attached hydrogens (tertiary/aromatic N) is 1. The molecule has 0 aromatic heterocycles. The first-order chi connectivity index (χ1) is 9.20. The van der Waals surface area contributed by atoms with E-state index in [9.17, 15) is 5.11 Å². The Hall–Kier alpha value is -1.55. The SMILES string of the molecule is O/N=C1/CCc2cc(OCC3(O)CCCC3)ccc21. The van der Waals surface area contributed by atoms with Crippen LogP contribution in [0.2, 0.25) is 0 Å². The minimum absolute atomic E-state index is 0.368. The highest BCUT2D eigenvalue weighted by atomic mass is 16.5. The lowest BCUT2D eigenvalue weighted by Crippen LogP contribution is -2.32. The second-order valence-corrected chi connectivity index (χ2v) is 5.59. The van der Waals surface area contributed by atoms with E-state index in [-0.39, 0.29) is 0 Å². The van der Waals surface area contributed by atoms with Crippen molar-refractivity contribution in [3.05, 3.63) is 29.3 Å². The average Bonchev–Trinajstić information content (AvgIpc) is 3.02. The van der Waals surface area contributed by atoms with Crippen LogP contribution in [0, 0.1) is 0 Å². The molecule has 0 unspecified atom stereocenters. The third kappa shape index (κ3) is 2.45. The molecular weight excluding hydrogens is 242 g/mol. The third-order valence-corrected chi connectivity index (χ3v) is 4.18. The number of oxime groups is 1. The molecule has 1 aromatic rings. The van der Waals surface area contributed by atoms with Crippen LogP contribution in [0.3, 0.4) is 0 Å². The van der Waals surface area contributed by atoms with Gasteiger partial charge >= 0.3 is 0 Å². The average molecular weight is 261 g/mol. The van der Waals surface area contributed by atoms with Crippen molar-refractivity contribution in [1.29, 1.82) is 0 Å². The van der Waals surface area contributed by atoms with Crippen molar-refractivity contribution in [2.75, 3.05) is 6.61 Å². The molecule has 0 heterocycles. The summed E-state index contributed by atoms with van der Waals surface area (Å²) in [4.78, 5) is 0. The zero-order valence-electron chi connectivity index (χ0n) is 10.9. The van der Waals surface area contributed by atoms with Gasteiger partial charge in [0.25, 0.3) is 0 Å². The first-order valence-corrected chi connectivity index (χ1v) is 6.90. The quantitative estimate of drug-likeness (QED) is 0.649. The lowest BCUT2D eigenvalue weighted by atomic mass is 10.0. The molecule has 1 fully saturated rings. The number of hydrogen-bond acceptors (Lipinski definition) is 4. The van der Waals surface area contributed by atoms with Crippen LogP contribution in [0.25, 0.3) is 0 Å². The molecule has 102 valence electrons. The van der Waals surface area contributed by atoms with Crippen LogP contribution in [0.1, 0.15) is 43.2 Å². The fourth-order valence-electron chi connectivity index (χ4n) is 3.03. The Labute approximate surface area is 112 Å². The predicted molar refractivity (Wildman–Crippen MR) is 72.0 cm³/mol. The van der Waals surface area contributed by atoms with Gasteiger partial charge in [-0.25, -0.2) is 0 Å². The highest BCUT2D eigenvalue weighted by Crippen LogP contribution is 2.31. The van der Waals surface area contributed by atoms with Gasteiger partial charge in [-0.05, 0) is 49.4 Å². The summed E-state index contributed by atoms with van der Waals surface area (Å²) in [6.45, 7) is 0.368. The van der Waals surface area contributed by atoms with Gasteiger partial charge in [0.15, 0.2) is 0 Å². The van der Waals surface area contributed by atoms with E-state index in [1.807, 2.05) is 18.2 Å². The Morgan fingerprint density at radius 2 is 2.00 bits per heavy atom.